The van der Waals surface area contributed by atoms with Crippen molar-refractivity contribution in [2.75, 3.05) is 20.8 Å². The zero-order valence-electron chi connectivity index (χ0n) is 11.0. The Morgan fingerprint density at radius 2 is 2.00 bits per heavy atom. The van der Waals surface area contributed by atoms with Crippen molar-refractivity contribution in [1.29, 1.82) is 0 Å². The lowest BCUT2D eigenvalue weighted by atomic mass is 10.0. The molecule has 0 unspecified atom stereocenters. The highest BCUT2D eigenvalue weighted by Gasteiger charge is 2.18. The summed E-state index contributed by atoms with van der Waals surface area (Å²) in [4.78, 5) is 0. The van der Waals surface area contributed by atoms with Crippen molar-refractivity contribution in [1.82, 2.24) is 5.32 Å². The Morgan fingerprint density at radius 3 is 2.72 bits per heavy atom. The molecule has 0 amide bonds. The molecule has 1 atom stereocenters. The van der Waals surface area contributed by atoms with Gasteiger partial charge in [0.25, 0.3) is 0 Å². The Labute approximate surface area is 113 Å². The molecule has 0 radical (unpaired) electrons. The number of halogens is 1. The lowest BCUT2D eigenvalue weighted by Crippen LogP contribution is -2.20. The predicted molar refractivity (Wildman–Crippen MR) is 73.8 cm³/mol. The van der Waals surface area contributed by atoms with Crippen molar-refractivity contribution >= 4 is 11.6 Å². The van der Waals surface area contributed by atoms with E-state index in [0.29, 0.717) is 22.6 Å². The molecular formula is C14H20ClNO2. The first-order valence-corrected chi connectivity index (χ1v) is 6.79. The second kappa shape index (κ2) is 6.30. The predicted octanol–water partition coefficient (Wildman–Crippen LogP) is 3.56. The second-order valence-corrected chi connectivity index (χ2v) is 5.00. The molecule has 0 saturated carbocycles. The molecule has 100 valence electrons. The minimum atomic E-state index is 0.366. The molecule has 1 aliphatic rings. The molecule has 1 aromatic rings. The number of benzene rings is 1. The van der Waals surface area contributed by atoms with Gasteiger partial charge in [0.15, 0.2) is 11.5 Å². The average Bonchev–Trinajstić information content (AvgIpc) is 2.66. The van der Waals surface area contributed by atoms with Crippen LogP contribution in [0.25, 0.3) is 0 Å². The van der Waals surface area contributed by atoms with Crippen LogP contribution in [0.4, 0.5) is 0 Å². The van der Waals surface area contributed by atoms with Crippen LogP contribution >= 0.6 is 11.6 Å². The van der Waals surface area contributed by atoms with E-state index in [1.54, 1.807) is 14.2 Å². The van der Waals surface area contributed by atoms with Crippen molar-refractivity contribution in [2.45, 2.75) is 31.7 Å². The van der Waals surface area contributed by atoms with Gasteiger partial charge in [0, 0.05) is 6.04 Å². The van der Waals surface area contributed by atoms with Crippen molar-refractivity contribution in [3.63, 3.8) is 0 Å². The molecule has 0 aromatic heterocycles. The summed E-state index contributed by atoms with van der Waals surface area (Å²) >= 11 is 6.24. The van der Waals surface area contributed by atoms with Gasteiger partial charge in [-0.3, -0.25) is 0 Å². The van der Waals surface area contributed by atoms with E-state index >= 15 is 0 Å². The second-order valence-electron chi connectivity index (χ2n) is 4.59. The van der Waals surface area contributed by atoms with E-state index in [4.69, 9.17) is 21.1 Å². The Bertz CT molecular complexity index is 401. The molecule has 1 saturated heterocycles. The molecule has 0 bridgehead atoms. The van der Waals surface area contributed by atoms with Gasteiger partial charge in [0.1, 0.15) is 0 Å². The molecule has 1 heterocycles. The monoisotopic (exact) mass is 269 g/mol. The van der Waals surface area contributed by atoms with E-state index in [9.17, 15) is 0 Å². The van der Waals surface area contributed by atoms with Crippen LogP contribution in [-0.2, 0) is 0 Å². The Kier molecular flexibility index (Phi) is 4.72. The van der Waals surface area contributed by atoms with E-state index < -0.39 is 0 Å². The number of hydrogen-bond donors (Lipinski definition) is 1. The third-order valence-corrected chi connectivity index (χ3v) is 3.70. The maximum atomic E-state index is 6.24. The SMILES string of the molecule is COc1cc([C@H]2CCCCCN2)cc(Cl)c1OC. The summed E-state index contributed by atoms with van der Waals surface area (Å²) in [5.41, 5.74) is 1.18. The molecule has 3 nitrogen and oxygen atoms in total. The van der Waals surface area contributed by atoms with Crippen LogP contribution in [0.1, 0.15) is 37.3 Å². The highest BCUT2D eigenvalue weighted by atomic mass is 35.5. The molecule has 4 heteroatoms. The summed E-state index contributed by atoms with van der Waals surface area (Å²) in [6.45, 7) is 1.07. The van der Waals surface area contributed by atoms with Crippen LogP contribution in [0.2, 0.25) is 5.02 Å². The van der Waals surface area contributed by atoms with E-state index in [-0.39, 0.29) is 0 Å². The molecule has 1 aromatic carbocycles. The van der Waals surface area contributed by atoms with Crippen molar-refractivity contribution in [3.05, 3.63) is 22.7 Å². The van der Waals surface area contributed by atoms with Crippen LogP contribution in [-0.4, -0.2) is 20.8 Å². The van der Waals surface area contributed by atoms with Gasteiger partial charge in [-0.05, 0) is 37.1 Å². The van der Waals surface area contributed by atoms with Crippen LogP contribution in [0, 0.1) is 0 Å². The van der Waals surface area contributed by atoms with Gasteiger partial charge >= 0.3 is 0 Å². The summed E-state index contributed by atoms with van der Waals surface area (Å²) in [5, 5.41) is 4.17. The third-order valence-electron chi connectivity index (χ3n) is 3.42. The molecule has 0 spiro atoms. The first kappa shape index (κ1) is 13.5. The zero-order valence-corrected chi connectivity index (χ0v) is 11.7. The number of nitrogens with one attached hydrogen (secondary N) is 1. The number of hydrogen-bond acceptors (Lipinski definition) is 3. The summed E-state index contributed by atoms with van der Waals surface area (Å²) in [7, 11) is 3.24. The highest BCUT2D eigenvalue weighted by molar-refractivity contribution is 6.32. The fourth-order valence-electron chi connectivity index (χ4n) is 2.45. The lowest BCUT2D eigenvalue weighted by molar-refractivity contribution is 0.354. The molecule has 1 aliphatic heterocycles. The van der Waals surface area contributed by atoms with Crippen LogP contribution in [0.3, 0.4) is 0 Å². The van der Waals surface area contributed by atoms with Gasteiger partial charge in [0.2, 0.25) is 0 Å². The first-order valence-electron chi connectivity index (χ1n) is 6.41. The van der Waals surface area contributed by atoms with Gasteiger partial charge in [-0.1, -0.05) is 24.4 Å². The van der Waals surface area contributed by atoms with Crippen LogP contribution in [0.5, 0.6) is 11.5 Å². The van der Waals surface area contributed by atoms with Crippen molar-refractivity contribution < 1.29 is 9.47 Å². The Morgan fingerprint density at radius 1 is 1.17 bits per heavy atom. The van der Waals surface area contributed by atoms with Crippen LogP contribution in [0.15, 0.2) is 12.1 Å². The normalized spacial score (nSPS) is 20.3. The molecule has 0 aliphatic carbocycles. The van der Waals surface area contributed by atoms with Gasteiger partial charge in [-0.15, -0.1) is 0 Å². The fourth-order valence-corrected chi connectivity index (χ4v) is 2.75. The lowest BCUT2D eigenvalue weighted by Gasteiger charge is -2.19. The van der Waals surface area contributed by atoms with Crippen molar-refractivity contribution in [2.24, 2.45) is 0 Å². The minimum absolute atomic E-state index is 0.366. The number of methoxy groups -OCH3 is 2. The van der Waals surface area contributed by atoms with Crippen molar-refractivity contribution in [3.8, 4) is 11.5 Å². The summed E-state index contributed by atoms with van der Waals surface area (Å²) in [6, 6.07) is 4.37. The molecule has 2 rings (SSSR count). The van der Waals surface area contributed by atoms with Gasteiger partial charge < -0.3 is 14.8 Å². The Hall–Kier alpha value is -0.930. The fraction of sp³-hybridized carbons (Fsp3) is 0.571. The van der Waals surface area contributed by atoms with E-state index in [1.807, 2.05) is 12.1 Å². The molecule has 1 N–H and O–H groups in total. The molecule has 18 heavy (non-hydrogen) atoms. The maximum absolute atomic E-state index is 6.24. The molecular weight excluding hydrogens is 250 g/mol. The number of rotatable bonds is 3. The van der Waals surface area contributed by atoms with Gasteiger partial charge in [0.05, 0.1) is 19.2 Å². The smallest absolute Gasteiger partial charge is 0.179 e. The largest absolute Gasteiger partial charge is 0.493 e. The summed E-state index contributed by atoms with van der Waals surface area (Å²) < 4.78 is 10.6. The van der Waals surface area contributed by atoms with E-state index in [1.165, 1.54) is 24.8 Å². The van der Waals surface area contributed by atoms with Gasteiger partial charge in [-0.25, -0.2) is 0 Å². The summed E-state index contributed by atoms with van der Waals surface area (Å²) in [5.74, 6) is 1.31. The number of ether oxygens (including phenoxy) is 2. The quantitative estimate of drug-likeness (QED) is 0.910. The molecule has 1 fully saturated rings. The summed E-state index contributed by atoms with van der Waals surface area (Å²) in [6.07, 6.45) is 4.94. The highest BCUT2D eigenvalue weighted by Crippen LogP contribution is 2.38. The standard InChI is InChI=1S/C14H20ClNO2/c1-17-13-9-10(8-11(15)14(13)18-2)12-6-4-3-5-7-16-12/h8-9,12,16H,3-7H2,1-2H3/t12-/m1/s1. The van der Waals surface area contributed by atoms with E-state index in [0.717, 1.165) is 13.0 Å². The zero-order chi connectivity index (χ0) is 13.0. The Balaban J connectivity index is 2.29. The first-order chi connectivity index (χ1) is 8.76. The topological polar surface area (TPSA) is 30.5 Å². The average molecular weight is 270 g/mol. The third kappa shape index (κ3) is 2.90. The minimum Gasteiger partial charge on any atom is -0.493 e. The van der Waals surface area contributed by atoms with Gasteiger partial charge in [-0.2, -0.15) is 0 Å². The van der Waals surface area contributed by atoms with Crippen LogP contribution < -0.4 is 14.8 Å². The van der Waals surface area contributed by atoms with E-state index in [2.05, 4.69) is 5.32 Å². The maximum Gasteiger partial charge on any atom is 0.179 e.